The Labute approximate surface area is 92.9 Å². The SMILES string of the molecule is CC(C)N[C@H]1CCCCc2ccccc21. The molecule has 1 nitrogen and oxygen atoms in total. The second-order valence-electron chi connectivity index (χ2n) is 4.82. The highest BCUT2D eigenvalue weighted by Gasteiger charge is 2.18. The summed E-state index contributed by atoms with van der Waals surface area (Å²) >= 11 is 0. The van der Waals surface area contributed by atoms with Crippen LogP contribution in [0.5, 0.6) is 0 Å². The molecule has 0 aromatic heterocycles. The van der Waals surface area contributed by atoms with Crippen LogP contribution in [0.4, 0.5) is 0 Å². The number of hydrogen-bond donors (Lipinski definition) is 1. The summed E-state index contributed by atoms with van der Waals surface area (Å²) in [5, 5.41) is 3.68. The molecule has 0 fully saturated rings. The maximum Gasteiger partial charge on any atom is 0.0325 e. The summed E-state index contributed by atoms with van der Waals surface area (Å²) in [4.78, 5) is 0. The summed E-state index contributed by atoms with van der Waals surface area (Å²) in [6.07, 6.45) is 5.23. The van der Waals surface area contributed by atoms with Crippen LogP contribution in [0.2, 0.25) is 0 Å². The van der Waals surface area contributed by atoms with Crippen LogP contribution in [0.15, 0.2) is 24.3 Å². The molecule has 0 unspecified atom stereocenters. The van der Waals surface area contributed by atoms with Gasteiger partial charge in [0.25, 0.3) is 0 Å². The first kappa shape index (κ1) is 10.7. The van der Waals surface area contributed by atoms with Gasteiger partial charge in [0.2, 0.25) is 0 Å². The molecule has 0 radical (unpaired) electrons. The second kappa shape index (κ2) is 4.80. The first-order valence-electron chi connectivity index (χ1n) is 6.11. The smallest absolute Gasteiger partial charge is 0.0325 e. The lowest BCUT2D eigenvalue weighted by molar-refractivity contribution is 0.446. The summed E-state index contributed by atoms with van der Waals surface area (Å²) < 4.78 is 0. The third-order valence-corrected chi connectivity index (χ3v) is 3.15. The van der Waals surface area contributed by atoms with Crippen LogP contribution in [-0.4, -0.2) is 6.04 Å². The van der Waals surface area contributed by atoms with E-state index in [-0.39, 0.29) is 0 Å². The Kier molecular flexibility index (Phi) is 3.42. The fourth-order valence-corrected chi connectivity index (χ4v) is 2.50. The normalized spacial score (nSPS) is 21.1. The van der Waals surface area contributed by atoms with Gasteiger partial charge >= 0.3 is 0 Å². The molecule has 1 aliphatic carbocycles. The molecule has 0 bridgehead atoms. The van der Waals surface area contributed by atoms with Crippen molar-refractivity contribution in [2.45, 2.75) is 51.6 Å². The lowest BCUT2D eigenvalue weighted by Gasteiger charge is -2.21. The molecule has 0 amide bonds. The number of nitrogens with one attached hydrogen (secondary N) is 1. The molecule has 1 heteroatoms. The highest BCUT2D eigenvalue weighted by molar-refractivity contribution is 5.31. The van der Waals surface area contributed by atoms with Crippen molar-refractivity contribution in [3.63, 3.8) is 0 Å². The maximum atomic E-state index is 3.68. The molecule has 1 aromatic rings. The van der Waals surface area contributed by atoms with Gasteiger partial charge in [-0.05, 0) is 30.4 Å². The zero-order valence-corrected chi connectivity index (χ0v) is 9.79. The van der Waals surface area contributed by atoms with Crippen LogP contribution in [0.1, 0.15) is 50.3 Å². The molecular weight excluding hydrogens is 182 g/mol. The number of benzene rings is 1. The van der Waals surface area contributed by atoms with Crippen molar-refractivity contribution in [3.05, 3.63) is 35.4 Å². The van der Waals surface area contributed by atoms with E-state index in [1.54, 1.807) is 5.56 Å². The number of aryl methyl sites for hydroxylation is 1. The summed E-state index contributed by atoms with van der Waals surface area (Å²) in [6, 6.07) is 10.1. The van der Waals surface area contributed by atoms with E-state index in [1.165, 1.54) is 31.2 Å². The largest absolute Gasteiger partial charge is 0.308 e. The van der Waals surface area contributed by atoms with Crippen LogP contribution >= 0.6 is 0 Å². The first-order chi connectivity index (χ1) is 7.27. The average molecular weight is 203 g/mol. The van der Waals surface area contributed by atoms with Gasteiger partial charge in [0.1, 0.15) is 0 Å². The Morgan fingerprint density at radius 1 is 1.20 bits per heavy atom. The van der Waals surface area contributed by atoms with E-state index in [2.05, 4.69) is 43.4 Å². The molecule has 0 heterocycles. The van der Waals surface area contributed by atoms with Gasteiger partial charge in [-0.25, -0.2) is 0 Å². The molecule has 0 saturated carbocycles. The topological polar surface area (TPSA) is 12.0 Å². The van der Waals surface area contributed by atoms with Crippen molar-refractivity contribution in [1.82, 2.24) is 5.32 Å². The van der Waals surface area contributed by atoms with Gasteiger partial charge in [-0.2, -0.15) is 0 Å². The van der Waals surface area contributed by atoms with E-state index in [4.69, 9.17) is 0 Å². The quantitative estimate of drug-likeness (QED) is 0.726. The zero-order chi connectivity index (χ0) is 10.7. The van der Waals surface area contributed by atoms with Gasteiger partial charge < -0.3 is 5.32 Å². The van der Waals surface area contributed by atoms with Crippen molar-refractivity contribution < 1.29 is 0 Å². The molecule has 15 heavy (non-hydrogen) atoms. The van der Waals surface area contributed by atoms with Gasteiger partial charge in [-0.15, -0.1) is 0 Å². The van der Waals surface area contributed by atoms with Crippen LogP contribution in [0.25, 0.3) is 0 Å². The monoisotopic (exact) mass is 203 g/mol. The van der Waals surface area contributed by atoms with Gasteiger partial charge in [-0.1, -0.05) is 44.5 Å². The molecule has 1 aromatic carbocycles. The number of rotatable bonds is 2. The van der Waals surface area contributed by atoms with E-state index in [1.807, 2.05) is 0 Å². The van der Waals surface area contributed by atoms with E-state index >= 15 is 0 Å². The molecule has 1 N–H and O–H groups in total. The van der Waals surface area contributed by atoms with Crippen LogP contribution in [0, 0.1) is 0 Å². The Hall–Kier alpha value is -0.820. The molecule has 0 saturated heterocycles. The van der Waals surface area contributed by atoms with E-state index in [0.717, 1.165) is 0 Å². The minimum absolute atomic E-state index is 0.571. The van der Waals surface area contributed by atoms with Crippen molar-refractivity contribution in [2.75, 3.05) is 0 Å². The lowest BCUT2D eigenvalue weighted by atomic mass is 9.99. The van der Waals surface area contributed by atoms with E-state index < -0.39 is 0 Å². The average Bonchev–Trinajstić information content (AvgIpc) is 2.41. The van der Waals surface area contributed by atoms with Gasteiger partial charge in [0.05, 0.1) is 0 Å². The molecule has 0 aliphatic heterocycles. The second-order valence-corrected chi connectivity index (χ2v) is 4.82. The van der Waals surface area contributed by atoms with Crippen LogP contribution in [0.3, 0.4) is 0 Å². The summed E-state index contributed by atoms with van der Waals surface area (Å²) in [6.45, 7) is 4.46. The Morgan fingerprint density at radius 3 is 2.80 bits per heavy atom. The maximum absolute atomic E-state index is 3.68. The van der Waals surface area contributed by atoms with Gasteiger partial charge in [0, 0.05) is 12.1 Å². The Bertz CT molecular complexity index is 317. The summed E-state index contributed by atoms with van der Waals surface area (Å²) in [5.74, 6) is 0. The summed E-state index contributed by atoms with van der Waals surface area (Å²) in [5.41, 5.74) is 3.08. The molecule has 0 spiro atoms. The van der Waals surface area contributed by atoms with Gasteiger partial charge in [-0.3, -0.25) is 0 Å². The molecule has 82 valence electrons. The molecule has 1 aliphatic rings. The van der Waals surface area contributed by atoms with Crippen molar-refractivity contribution in [3.8, 4) is 0 Å². The lowest BCUT2D eigenvalue weighted by Crippen LogP contribution is -2.28. The number of hydrogen-bond acceptors (Lipinski definition) is 1. The fraction of sp³-hybridized carbons (Fsp3) is 0.571. The van der Waals surface area contributed by atoms with Crippen LogP contribution < -0.4 is 5.32 Å². The predicted octanol–water partition coefficient (Wildman–Crippen LogP) is 3.45. The van der Waals surface area contributed by atoms with Gasteiger partial charge in [0.15, 0.2) is 0 Å². The van der Waals surface area contributed by atoms with Crippen LogP contribution in [-0.2, 0) is 6.42 Å². The standard InChI is InChI=1S/C14H21N/c1-11(2)15-14-10-6-4-8-12-7-3-5-9-13(12)14/h3,5,7,9,11,14-15H,4,6,8,10H2,1-2H3/t14-/m0/s1. The minimum atomic E-state index is 0.571. The number of fused-ring (bicyclic) bond motifs is 1. The van der Waals surface area contributed by atoms with E-state index in [9.17, 15) is 0 Å². The van der Waals surface area contributed by atoms with Crippen molar-refractivity contribution in [1.29, 1.82) is 0 Å². The fourth-order valence-electron chi connectivity index (χ4n) is 2.50. The minimum Gasteiger partial charge on any atom is -0.308 e. The molecule has 1 atom stereocenters. The third-order valence-electron chi connectivity index (χ3n) is 3.15. The highest BCUT2D eigenvalue weighted by atomic mass is 14.9. The molecular formula is C14H21N. The Balaban J connectivity index is 2.24. The summed E-state index contributed by atoms with van der Waals surface area (Å²) in [7, 11) is 0. The predicted molar refractivity (Wildman–Crippen MR) is 65.0 cm³/mol. The Morgan fingerprint density at radius 2 is 2.00 bits per heavy atom. The van der Waals surface area contributed by atoms with E-state index in [0.29, 0.717) is 12.1 Å². The van der Waals surface area contributed by atoms with Crippen molar-refractivity contribution in [2.24, 2.45) is 0 Å². The van der Waals surface area contributed by atoms with Crippen molar-refractivity contribution >= 4 is 0 Å². The molecule has 2 rings (SSSR count). The highest BCUT2D eigenvalue weighted by Crippen LogP contribution is 2.28. The first-order valence-corrected chi connectivity index (χ1v) is 6.11. The third kappa shape index (κ3) is 2.60. The zero-order valence-electron chi connectivity index (χ0n) is 9.79.